The smallest absolute Gasteiger partial charge is 0.273 e. The van der Waals surface area contributed by atoms with Crippen molar-refractivity contribution in [3.8, 4) is 0 Å². The highest BCUT2D eigenvalue weighted by Gasteiger charge is 2.01. The maximum atomic E-state index is 11.2. The van der Waals surface area contributed by atoms with Crippen LogP contribution in [0.25, 0.3) is 0 Å². The van der Waals surface area contributed by atoms with Crippen molar-refractivity contribution < 1.29 is 0 Å². The van der Waals surface area contributed by atoms with E-state index >= 15 is 0 Å². The number of rotatable bonds is 4. The third kappa shape index (κ3) is 2.69. The van der Waals surface area contributed by atoms with Crippen LogP contribution in [-0.4, -0.2) is 20.9 Å². The van der Waals surface area contributed by atoms with Crippen LogP contribution in [0.15, 0.2) is 22.6 Å². The summed E-state index contributed by atoms with van der Waals surface area (Å²) in [6, 6.07) is 0. The van der Waals surface area contributed by atoms with E-state index in [-0.39, 0.29) is 5.56 Å². The van der Waals surface area contributed by atoms with Gasteiger partial charge in [-0.15, -0.1) is 16.8 Å². The summed E-state index contributed by atoms with van der Waals surface area (Å²) in [5, 5.41) is 8.20. The molecule has 0 aromatic carbocycles. The number of H-pyrrole nitrogens is 1. The SMILES string of the molecule is C=CCSc1nnc(CC)c(=O)[nH]1. The Bertz CT molecular complexity index is 347. The molecule has 1 rings (SSSR count). The second-order valence-corrected chi connectivity index (χ2v) is 3.37. The number of thioether (sulfide) groups is 1. The van der Waals surface area contributed by atoms with Gasteiger partial charge in [0.1, 0.15) is 5.69 Å². The van der Waals surface area contributed by atoms with Crippen LogP contribution in [0.4, 0.5) is 0 Å². The number of aryl methyl sites for hydroxylation is 1. The van der Waals surface area contributed by atoms with Crippen molar-refractivity contribution in [1.82, 2.24) is 15.2 Å². The van der Waals surface area contributed by atoms with Gasteiger partial charge in [0.15, 0.2) is 5.16 Å². The molecular weight excluding hydrogens is 186 g/mol. The summed E-state index contributed by atoms with van der Waals surface area (Å²) in [7, 11) is 0. The van der Waals surface area contributed by atoms with Gasteiger partial charge >= 0.3 is 0 Å². The van der Waals surface area contributed by atoms with Crippen LogP contribution in [0, 0.1) is 0 Å². The Morgan fingerprint density at radius 3 is 2.92 bits per heavy atom. The van der Waals surface area contributed by atoms with Gasteiger partial charge in [-0.1, -0.05) is 24.8 Å². The van der Waals surface area contributed by atoms with E-state index in [1.54, 1.807) is 6.08 Å². The first-order valence-electron chi connectivity index (χ1n) is 3.97. The maximum Gasteiger partial charge on any atom is 0.273 e. The predicted octanol–water partition coefficient (Wildman–Crippen LogP) is 1.01. The van der Waals surface area contributed by atoms with E-state index in [0.29, 0.717) is 17.3 Å². The average molecular weight is 197 g/mol. The van der Waals surface area contributed by atoms with Gasteiger partial charge < -0.3 is 0 Å². The molecule has 0 atom stereocenters. The summed E-state index contributed by atoms with van der Waals surface area (Å²) in [4.78, 5) is 13.9. The molecule has 0 amide bonds. The molecule has 0 bridgehead atoms. The first-order chi connectivity index (χ1) is 6.27. The van der Waals surface area contributed by atoms with Crippen LogP contribution < -0.4 is 5.56 Å². The predicted molar refractivity (Wildman–Crippen MR) is 53.0 cm³/mol. The average Bonchev–Trinajstić information content (AvgIpc) is 2.15. The molecule has 1 aromatic rings. The van der Waals surface area contributed by atoms with Crippen molar-refractivity contribution in [2.45, 2.75) is 18.5 Å². The number of hydrogen-bond donors (Lipinski definition) is 1. The van der Waals surface area contributed by atoms with E-state index in [9.17, 15) is 4.79 Å². The third-order valence-electron chi connectivity index (χ3n) is 1.42. The van der Waals surface area contributed by atoms with Crippen LogP contribution >= 0.6 is 11.8 Å². The van der Waals surface area contributed by atoms with Gasteiger partial charge in [-0.2, -0.15) is 0 Å². The zero-order chi connectivity index (χ0) is 9.68. The van der Waals surface area contributed by atoms with Gasteiger partial charge in [0, 0.05) is 5.75 Å². The molecule has 5 heteroatoms. The Morgan fingerprint density at radius 2 is 2.38 bits per heavy atom. The summed E-state index contributed by atoms with van der Waals surface area (Å²) < 4.78 is 0. The van der Waals surface area contributed by atoms with Crippen LogP contribution in [0.3, 0.4) is 0 Å². The van der Waals surface area contributed by atoms with Crippen molar-refractivity contribution >= 4 is 11.8 Å². The van der Waals surface area contributed by atoms with Crippen molar-refractivity contribution in [3.05, 3.63) is 28.7 Å². The van der Waals surface area contributed by atoms with Crippen molar-refractivity contribution in [2.24, 2.45) is 0 Å². The molecule has 70 valence electrons. The van der Waals surface area contributed by atoms with Crippen LogP contribution in [-0.2, 0) is 6.42 Å². The van der Waals surface area contributed by atoms with Gasteiger partial charge in [-0.05, 0) is 6.42 Å². The lowest BCUT2D eigenvalue weighted by Gasteiger charge is -1.97. The summed E-state index contributed by atoms with van der Waals surface area (Å²) in [6.45, 7) is 5.44. The van der Waals surface area contributed by atoms with Gasteiger partial charge in [-0.3, -0.25) is 9.78 Å². The second-order valence-electron chi connectivity index (χ2n) is 2.36. The fourth-order valence-electron chi connectivity index (χ4n) is 0.780. The Balaban J connectivity index is 2.83. The van der Waals surface area contributed by atoms with Gasteiger partial charge in [0.25, 0.3) is 5.56 Å². The molecule has 1 heterocycles. The van der Waals surface area contributed by atoms with E-state index < -0.39 is 0 Å². The van der Waals surface area contributed by atoms with Crippen LogP contribution in [0.2, 0.25) is 0 Å². The number of hydrogen-bond acceptors (Lipinski definition) is 4. The highest BCUT2D eigenvalue weighted by molar-refractivity contribution is 7.99. The lowest BCUT2D eigenvalue weighted by molar-refractivity contribution is 0.766. The van der Waals surface area contributed by atoms with E-state index in [4.69, 9.17) is 0 Å². The molecule has 0 spiro atoms. The lowest BCUT2D eigenvalue weighted by Crippen LogP contribution is -2.16. The van der Waals surface area contributed by atoms with Gasteiger partial charge in [0.05, 0.1) is 0 Å². The summed E-state index contributed by atoms with van der Waals surface area (Å²) in [6.07, 6.45) is 2.35. The van der Waals surface area contributed by atoms with Gasteiger partial charge in [0.2, 0.25) is 0 Å². The van der Waals surface area contributed by atoms with Crippen LogP contribution in [0.5, 0.6) is 0 Å². The molecule has 0 saturated heterocycles. The first-order valence-corrected chi connectivity index (χ1v) is 4.96. The lowest BCUT2D eigenvalue weighted by atomic mass is 10.4. The maximum absolute atomic E-state index is 11.2. The molecule has 0 radical (unpaired) electrons. The number of nitrogens with zero attached hydrogens (tertiary/aromatic N) is 2. The van der Waals surface area contributed by atoms with Crippen molar-refractivity contribution in [1.29, 1.82) is 0 Å². The highest BCUT2D eigenvalue weighted by Crippen LogP contribution is 2.08. The third-order valence-corrected chi connectivity index (χ3v) is 2.28. The molecule has 0 fully saturated rings. The van der Waals surface area contributed by atoms with E-state index in [1.165, 1.54) is 11.8 Å². The van der Waals surface area contributed by atoms with Gasteiger partial charge in [-0.25, -0.2) is 0 Å². The summed E-state index contributed by atoms with van der Waals surface area (Å²) >= 11 is 1.41. The molecule has 4 nitrogen and oxygen atoms in total. The summed E-state index contributed by atoms with van der Waals surface area (Å²) in [5.74, 6) is 0.718. The van der Waals surface area contributed by atoms with E-state index in [0.717, 1.165) is 5.75 Å². The number of aromatic amines is 1. The van der Waals surface area contributed by atoms with E-state index in [1.807, 2.05) is 6.92 Å². The molecule has 0 aliphatic heterocycles. The molecule has 0 aliphatic rings. The number of nitrogens with one attached hydrogen (secondary N) is 1. The molecule has 0 aliphatic carbocycles. The molecule has 0 unspecified atom stereocenters. The fraction of sp³-hybridized carbons (Fsp3) is 0.375. The first kappa shape index (κ1) is 9.98. The topological polar surface area (TPSA) is 58.6 Å². The van der Waals surface area contributed by atoms with Crippen molar-refractivity contribution in [2.75, 3.05) is 5.75 Å². The molecular formula is C8H11N3OS. The molecule has 1 N–H and O–H groups in total. The fourth-order valence-corrected chi connectivity index (χ4v) is 1.32. The minimum atomic E-state index is -0.149. The Labute approximate surface area is 80.5 Å². The van der Waals surface area contributed by atoms with Crippen molar-refractivity contribution in [3.63, 3.8) is 0 Å². The summed E-state index contributed by atoms with van der Waals surface area (Å²) in [5.41, 5.74) is 0.326. The second kappa shape index (κ2) is 4.81. The minimum absolute atomic E-state index is 0.149. The Hall–Kier alpha value is -1.10. The zero-order valence-corrected chi connectivity index (χ0v) is 8.23. The standard InChI is InChI=1S/C8H11N3OS/c1-3-5-13-8-9-7(12)6(4-2)10-11-8/h3H,1,4-5H2,2H3,(H,9,11,12). The monoisotopic (exact) mass is 197 g/mol. The molecule has 0 saturated carbocycles. The minimum Gasteiger partial charge on any atom is -0.298 e. The Kier molecular flexibility index (Phi) is 3.70. The zero-order valence-electron chi connectivity index (χ0n) is 7.41. The van der Waals surface area contributed by atoms with Crippen LogP contribution in [0.1, 0.15) is 12.6 Å². The normalized spacial score (nSPS) is 9.92. The molecule has 1 aromatic heterocycles. The molecule has 13 heavy (non-hydrogen) atoms. The highest BCUT2D eigenvalue weighted by atomic mass is 32.2. The van der Waals surface area contributed by atoms with E-state index in [2.05, 4.69) is 21.8 Å². The quantitative estimate of drug-likeness (QED) is 0.578. The largest absolute Gasteiger partial charge is 0.298 e. The number of aromatic nitrogens is 3. The Morgan fingerprint density at radius 1 is 1.62 bits per heavy atom.